The smallest absolute Gasteiger partial charge is 0.870 e. The van der Waals surface area contributed by atoms with Crippen molar-refractivity contribution in [2.75, 3.05) is 98.2 Å². The Morgan fingerprint density at radius 2 is 0.783 bits per heavy atom. The molecule has 3 atom stereocenters. The Kier molecular flexibility index (Phi) is 53.6. The third kappa shape index (κ3) is 38.9. The van der Waals surface area contributed by atoms with Gasteiger partial charge in [0.25, 0.3) is 0 Å². The zero-order valence-electron chi connectivity index (χ0n) is 76.3. The monoisotopic (exact) mass is 1980 g/mol. The number of rotatable bonds is 12. The van der Waals surface area contributed by atoms with E-state index < -0.39 is 128 Å². The number of carboxylic acids is 2. The number of likely N-dealkylation sites (tertiary alicyclic amines) is 6. The van der Waals surface area contributed by atoms with E-state index in [9.17, 15) is 101 Å². The molecule has 10 rings (SSSR count). The fraction of sp³-hybridized carbons (Fsp3) is 0.756. The minimum Gasteiger partial charge on any atom is -0.870 e. The van der Waals surface area contributed by atoms with Crippen molar-refractivity contribution in [3.8, 4) is 0 Å². The Balaban J connectivity index is -0.00000146. The van der Waals surface area contributed by atoms with E-state index in [1.807, 2.05) is 20.8 Å². The number of nitrogens with zero attached hydrogens (tertiary/aromatic N) is 6. The summed E-state index contributed by atoms with van der Waals surface area (Å²) in [6, 6.07) is -2.23. The number of esters is 4. The van der Waals surface area contributed by atoms with Gasteiger partial charge >= 0.3 is 89.7 Å². The molecule has 10 heterocycles. The van der Waals surface area contributed by atoms with Crippen LogP contribution in [0.4, 0.5) is 19.2 Å². The maximum absolute atomic E-state index is 13.0. The zero-order chi connectivity index (χ0) is 93.1. The van der Waals surface area contributed by atoms with Crippen molar-refractivity contribution < 1.29 is 179 Å². The molecule has 129 heavy (non-hydrogen) atoms. The molecule has 10 fully saturated rings. The number of imide groups is 5. The Hall–Kier alpha value is -8.17. The van der Waals surface area contributed by atoms with Crippen molar-refractivity contribution in [2.24, 2.45) is 33.3 Å². The second-order valence-electron chi connectivity index (χ2n) is 35.3. The van der Waals surface area contributed by atoms with E-state index in [0.717, 1.165) is 9.80 Å². The molecule has 0 radical (unpaired) electrons. The van der Waals surface area contributed by atoms with Crippen LogP contribution < -0.4 is 56.6 Å². The Bertz CT molecular complexity index is 3870. The second-order valence-corrected chi connectivity index (χ2v) is 35.9. The number of piperidine rings is 8. The predicted molar refractivity (Wildman–Crippen MR) is 465 cm³/mol. The molecule has 0 bridgehead atoms. The first-order valence-corrected chi connectivity index (χ1v) is 42.3. The molecule has 0 saturated carbocycles. The van der Waals surface area contributed by atoms with E-state index in [2.05, 4.69) is 41.9 Å². The van der Waals surface area contributed by atoms with Gasteiger partial charge in [-0.3, -0.25) is 102 Å². The zero-order valence-corrected chi connectivity index (χ0v) is 82.3. The summed E-state index contributed by atoms with van der Waals surface area (Å²) in [5.74, 6) is -7.33. The number of hydrogen-bond acceptors (Lipinski definition) is 31. The number of hydrogen-bond donors (Lipinski definition) is 7. The average Bonchev–Trinajstić information content (AvgIpc) is 1.60. The fourth-order valence-corrected chi connectivity index (χ4v) is 14.9. The number of amides is 14. The number of carbonyl (C=O) groups excluding carboxylic acids is 18. The van der Waals surface area contributed by atoms with Gasteiger partial charge < -0.3 is 84.2 Å². The maximum atomic E-state index is 13.0. The molecule has 14 amide bonds. The number of nitrogens with one attached hydrogen (secondary N) is 4. The van der Waals surface area contributed by atoms with E-state index in [1.165, 1.54) is 19.1 Å². The first-order chi connectivity index (χ1) is 57.1. The van der Waals surface area contributed by atoms with Gasteiger partial charge in [-0.1, -0.05) is 23.4 Å². The molecule has 2 spiro atoms. The van der Waals surface area contributed by atoms with E-state index in [0.29, 0.717) is 129 Å². The van der Waals surface area contributed by atoms with Crippen LogP contribution in [0.2, 0.25) is 0 Å². The molecule has 10 saturated heterocycles. The molecule has 10 aliphatic rings. The van der Waals surface area contributed by atoms with Crippen LogP contribution in [-0.4, -0.2) is 303 Å². The molecule has 3 unspecified atom stereocenters. The van der Waals surface area contributed by atoms with Gasteiger partial charge in [0.15, 0.2) is 0 Å². The standard InChI is InChI=1S/C18H25N3O6.C16H27NO6.C13H17N3O4.C13H21NO6.C12H21NO4.C5H8N2O2.C4H7BrO2.CH4.3ClH.Na.H2O/c1-17(2,3)27-16(26)20-8-6-18(7-9-20)10-13(23)21(15(18)25)11-4-5-12(22)19-14(11)24;1-6-22-12(18)11-16(13(19)21-5)7-9-17(10-8-16)14(20)23-15(2,3)4;17-9-2-1-8(11(19)15-9)16-10(18)7-13(12(16)20)3-5-14-6-4-13;1-12(2,3)20-11(19)14-6-4-13(5-7-14,10(17)18)8-9(15)16;1-12(2,3)17-11(15)13-7-5-9(6-8-13)10(14)16-4;6-3-1-2-4(8)7-5(3)9;1-2-7-4(6)3-5;;;;;;/h11H,4-10H2,1-3H3,(H,19,22,24);6-11H2,1-5H3;8,14H,1-7H2,(H,15,17,19);4-8H2,1-3H3,(H,15,16)(H,17,18);9H,5-8H2,1-4H3;3H,1-2,6H2,(H,7,8,9);2-3H2,1H3;1H4;3*1H;;1H2/q;;;;;;;;;;;+1;/p-1. The quantitative estimate of drug-likeness (QED) is 0.0484. The summed E-state index contributed by atoms with van der Waals surface area (Å²) >= 11 is 2.94. The van der Waals surface area contributed by atoms with Gasteiger partial charge in [0.1, 0.15) is 39.8 Å². The van der Waals surface area contributed by atoms with E-state index in [-0.39, 0.29) is 222 Å². The molecule has 9 N–H and O–H groups in total. The third-order valence-electron chi connectivity index (χ3n) is 21.3. The van der Waals surface area contributed by atoms with Crippen LogP contribution in [-0.2, 0) is 115 Å². The van der Waals surface area contributed by atoms with Crippen LogP contribution >= 0.6 is 53.2 Å². The molecular formula is C82H134BrCl3N11NaO31. The van der Waals surface area contributed by atoms with Crippen molar-refractivity contribution in [1.82, 2.24) is 50.7 Å². The fourth-order valence-electron chi connectivity index (χ4n) is 14.8. The predicted octanol–water partition coefficient (Wildman–Crippen LogP) is 3.41. The molecule has 0 aromatic carbocycles. The first kappa shape index (κ1) is 125. The summed E-state index contributed by atoms with van der Waals surface area (Å²) < 4.78 is 40.2. The number of methoxy groups -OCH3 is 2. The largest absolute Gasteiger partial charge is 1.00 e. The Morgan fingerprint density at radius 1 is 0.457 bits per heavy atom. The number of alkyl halides is 1. The van der Waals surface area contributed by atoms with Crippen molar-refractivity contribution in [2.45, 2.75) is 273 Å². The molecule has 47 heteroatoms. The Labute approximate surface area is 801 Å². The van der Waals surface area contributed by atoms with Crippen LogP contribution in [0.5, 0.6) is 0 Å². The van der Waals surface area contributed by atoms with Crippen LogP contribution in [0, 0.1) is 27.6 Å². The summed E-state index contributed by atoms with van der Waals surface area (Å²) in [6.45, 7) is 30.0. The van der Waals surface area contributed by atoms with Crippen molar-refractivity contribution in [1.29, 1.82) is 0 Å². The normalized spacial score (nSPS) is 20.7. The SMILES string of the molecule is C.CC(C)(C)OC(=O)N1CCC(CC(=O)O)(C(=O)O)CC1.CC(C)(C)OC(=O)N1CCC2(CC1)CC(=O)N(C1CCC(=O)NC1=O)C2=O.CCOC(=O)CBr.CCOC(=O)CC1(C(=O)OC)CCN(C(=O)OC(C)(C)C)CC1.COC(=O)C1CCN(C(=O)OC(C)(C)C)CC1.Cl.Cl.Cl.NC1CCC(=O)NC1=O.O=C1CCC(N2C(=O)CC3(CCNCC3)C2=O)C(=O)N1.[Na+].[OH-]. The molecule has 0 aromatic rings. The van der Waals surface area contributed by atoms with Crippen molar-refractivity contribution in [3.05, 3.63) is 0 Å². The van der Waals surface area contributed by atoms with Gasteiger partial charge in [-0.05, 0) is 193 Å². The van der Waals surface area contributed by atoms with Crippen molar-refractivity contribution >= 4 is 172 Å². The van der Waals surface area contributed by atoms with Gasteiger partial charge in [-0.2, -0.15) is 0 Å². The van der Waals surface area contributed by atoms with Crippen molar-refractivity contribution in [3.63, 3.8) is 0 Å². The minimum absolute atomic E-state index is 0. The summed E-state index contributed by atoms with van der Waals surface area (Å²) in [7, 11) is 2.69. The molecule has 0 aromatic heterocycles. The van der Waals surface area contributed by atoms with Gasteiger partial charge in [0, 0.05) is 84.5 Å². The van der Waals surface area contributed by atoms with E-state index in [4.69, 9.17) is 44.0 Å². The topological polar surface area (TPSA) is 579 Å². The summed E-state index contributed by atoms with van der Waals surface area (Å²) in [5, 5.41) is 28.1. The van der Waals surface area contributed by atoms with E-state index in [1.54, 1.807) is 90.9 Å². The number of carboxylic acid groups (broad SMARTS) is 2. The van der Waals surface area contributed by atoms with Crippen LogP contribution in [0.15, 0.2) is 0 Å². The second kappa shape index (κ2) is 55.4. The molecule has 10 aliphatic heterocycles. The summed E-state index contributed by atoms with van der Waals surface area (Å²) in [6.07, 6.45) is 3.79. The molecule has 0 aliphatic carbocycles. The van der Waals surface area contributed by atoms with Gasteiger partial charge in [-0.25, -0.2) is 19.2 Å². The number of carbonyl (C=O) groups is 20. The summed E-state index contributed by atoms with van der Waals surface area (Å²) in [5.41, 5.74) is -0.716. The van der Waals surface area contributed by atoms with Gasteiger partial charge in [0.05, 0.1) is 73.9 Å². The van der Waals surface area contributed by atoms with Crippen LogP contribution in [0.3, 0.4) is 0 Å². The number of ether oxygens (including phenoxy) is 8. The number of halogens is 4. The minimum atomic E-state index is -1.29. The first-order valence-electron chi connectivity index (χ1n) is 41.2. The average molecular weight is 1980 g/mol. The Morgan fingerprint density at radius 3 is 1.08 bits per heavy atom. The summed E-state index contributed by atoms with van der Waals surface area (Å²) in [4.78, 5) is 242. The van der Waals surface area contributed by atoms with E-state index >= 15 is 0 Å². The molecular weight excluding hydrogens is 1840 g/mol. The number of aliphatic carboxylic acids is 2. The van der Waals surface area contributed by atoms with Gasteiger partial charge in [-0.15, -0.1) is 37.2 Å². The number of nitrogens with two attached hydrogens (primary N) is 1. The van der Waals surface area contributed by atoms with Crippen LogP contribution in [0.1, 0.15) is 233 Å². The van der Waals surface area contributed by atoms with Gasteiger partial charge in [0.2, 0.25) is 59.1 Å². The van der Waals surface area contributed by atoms with Crippen LogP contribution in [0.25, 0.3) is 0 Å². The maximum Gasteiger partial charge on any atom is 1.00 e. The third-order valence-corrected chi connectivity index (χ3v) is 21.8. The molecule has 732 valence electrons. The molecule has 42 nitrogen and oxygen atoms in total.